The first kappa shape index (κ1) is 32.6. The standard InChI is InChI=1S/C34H40ClN3O6S/c1-45(41,42)38(28-18-19-31-32(22-28)44-24-43-31)20-10-17-33(39)37(23-26-13-8-9-16-29(26)35)30(21-25-11-4-2-5-12-25)34(40)36-27-14-6-3-7-15-27/h2,4-5,8-9,11-13,16,18-19,22,27,30H,3,6-7,10,14-15,17,20-21,23-24H2,1H3,(H,36,40)/t30-/m1/s1. The number of sulfonamides is 1. The van der Waals surface area contributed by atoms with E-state index in [1.807, 2.05) is 48.5 Å². The normalized spacial score (nSPS) is 15.3. The van der Waals surface area contributed by atoms with Crippen LogP contribution in [0.3, 0.4) is 0 Å². The fourth-order valence-electron chi connectivity index (χ4n) is 5.95. The molecule has 1 heterocycles. The van der Waals surface area contributed by atoms with Crippen molar-refractivity contribution in [3.05, 3.63) is 88.9 Å². The van der Waals surface area contributed by atoms with Crippen LogP contribution in [0.2, 0.25) is 5.02 Å². The quantitative estimate of drug-likeness (QED) is 0.254. The Labute approximate surface area is 270 Å². The summed E-state index contributed by atoms with van der Waals surface area (Å²) in [5.74, 6) is 0.572. The maximum absolute atomic E-state index is 14.1. The molecule has 0 unspecified atom stereocenters. The topological polar surface area (TPSA) is 105 Å². The lowest BCUT2D eigenvalue weighted by molar-refractivity contribution is -0.141. The summed E-state index contributed by atoms with van der Waals surface area (Å²) in [6, 6.07) is 21.2. The zero-order valence-corrected chi connectivity index (χ0v) is 27.1. The highest BCUT2D eigenvalue weighted by Gasteiger charge is 2.32. The molecule has 45 heavy (non-hydrogen) atoms. The summed E-state index contributed by atoms with van der Waals surface area (Å²) in [6.45, 7) is 0.291. The molecule has 1 N–H and O–H groups in total. The molecule has 240 valence electrons. The highest BCUT2D eigenvalue weighted by Crippen LogP contribution is 2.36. The van der Waals surface area contributed by atoms with Crippen molar-refractivity contribution in [3.8, 4) is 11.5 Å². The van der Waals surface area contributed by atoms with Crippen LogP contribution in [-0.4, -0.2) is 56.8 Å². The van der Waals surface area contributed by atoms with Gasteiger partial charge in [-0.05, 0) is 48.6 Å². The van der Waals surface area contributed by atoms with Gasteiger partial charge in [0.15, 0.2) is 11.5 Å². The summed E-state index contributed by atoms with van der Waals surface area (Å²) in [5, 5.41) is 3.74. The SMILES string of the molecule is CS(=O)(=O)N(CCCC(=O)N(Cc1ccccc1Cl)[C@H](Cc1ccccc1)C(=O)NC1CCCCC1)c1ccc2c(c1)OCO2. The first-order valence-corrected chi connectivity index (χ1v) is 17.7. The number of anilines is 1. The van der Waals surface area contributed by atoms with Gasteiger partial charge in [-0.1, -0.05) is 79.4 Å². The van der Waals surface area contributed by atoms with E-state index < -0.39 is 16.1 Å². The zero-order valence-electron chi connectivity index (χ0n) is 25.5. The predicted molar refractivity (Wildman–Crippen MR) is 175 cm³/mol. The minimum absolute atomic E-state index is 0.0308. The van der Waals surface area contributed by atoms with Crippen molar-refractivity contribution in [1.29, 1.82) is 0 Å². The van der Waals surface area contributed by atoms with Gasteiger partial charge in [-0.2, -0.15) is 0 Å². The molecule has 9 nitrogen and oxygen atoms in total. The number of nitrogens with zero attached hydrogens (tertiary/aromatic N) is 2. The summed E-state index contributed by atoms with van der Waals surface area (Å²) in [6.07, 6.45) is 6.87. The van der Waals surface area contributed by atoms with Crippen LogP contribution in [0, 0.1) is 0 Å². The summed E-state index contributed by atoms with van der Waals surface area (Å²) in [7, 11) is -3.66. The Morgan fingerprint density at radius 2 is 1.67 bits per heavy atom. The highest BCUT2D eigenvalue weighted by atomic mass is 35.5. The molecule has 0 saturated heterocycles. The largest absolute Gasteiger partial charge is 0.454 e. The second kappa shape index (κ2) is 15.0. The third kappa shape index (κ3) is 8.70. The molecule has 1 aliphatic carbocycles. The first-order chi connectivity index (χ1) is 21.7. The van der Waals surface area contributed by atoms with E-state index in [-0.39, 0.29) is 50.6 Å². The maximum Gasteiger partial charge on any atom is 0.243 e. The first-order valence-electron chi connectivity index (χ1n) is 15.4. The van der Waals surface area contributed by atoms with Gasteiger partial charge >= 0.3 is 0 Å². The lowest BCUT2D eigenvalue weighted by Crippen LogP contribution is -2.53. The average Bonchev–Trinajstić information content (AvgIpc) is 3.50. The van der Waals surface area contributed by atoms with Crippen molar-refractivity contribution in [2.75, 3.05) is 23.9 Å². The molecule has 11 heteroatoms. The van der Waals surface area contributed by atoms with Gasteiger partial charge in [0, 0.05) is 43.1 Å². The van der Waals surface area contributed by atoms with Gasteiger partial charge in [-0.15, -0.1) is 0 Å². The Balaban J connectivity index is 1.38. The Morgan fingerprint density at radius 1 is 0.956 bits per heavy atom. The van der Waals surface area contributed by atoms with Gasteiger partial charge < -0.3 is 19.7 Å². The van der Waals surface area contributed by atoms with Gasteiger partial charge in [-0.3, -0.25) is 13.9 Å². The molecule has 5 rings (SSSR count). The number of halogens is 1. The number of rotatable bonds is 13. The van der Waals surface area contributed by atoms with Gasteiger partial charge in [0.05, 0.1) is 11.9 Å². The van der Waals surface area contributed by atoms with Crippen LogP contribution in [0.4, 0.5) is 5.69 Å². The second-order valence-corrected chi connectivity index (χ2v) is 14.0. The number of carbonyl (C=O) groups is 2. The number of amides is 2. The molecule has 0 spiro atoms. The van der Waals surface area contributed by atoms with Crippen molar-refractivity contribution in [3.63, 3.8) is 0 Å². The molecule has 0 bridgehead atoms. The average molecular weight is 654 g/mol. The number of nitrogens with one attached hydrogen (secondary N) is 1. The monoisotopic (exact) mass is 653 g/mol. The van der Waals surface area contributed by atoms with Crippen molar-refractivity contribution in [2.45, 2.75) is 70.0 Å². The van der Waals surface area contributed by atoms with E-state index in [4.69, 9.17) is 21.1 Å². The van der Waals surface area contributed by atoms with Crippen LogP contribution >= 0.6 is 11.6 Å². The summed E-state index contributed by atoms with van der Waals surface area (Å²) in [5.41, 5.74) is 2.09. The van der Waals surface area contributed by atoms with Gasteiger partial charge in [0.1, 0.15) is 6.04 Å². The third-order valence-corrected chi connectivity index (χ3v) is 9.88. The smallest absolute Gasteiger partial charge is 0.243 e. The molecule has 1 aliphatic heterocycles. The van der Waals surface area contributed by atoms with E-state index in [1.165, 1.54) is 4.31 Å². The minimum atomic E-state index is -3.66. The summed E-state index contributed by atoms with van der Waals surface area (Å²) >= 11 is 6.55. The highest BCUT2D eigenvalue weighted by molar-refractivity contribution is 7.92. The Bertz CT molecular complexity index is 1580. The van der Waals surface area contributed by atoms with Crippen LogP contribution in [0.25, 0.3) is 0 Å². The van der Waals surface area contributed by atoms with Crippen LogP contribution < -0.4 is 19.1 Å². The van der Waals surface area contributed by atoms with Crippen molar-refractivity contribution < 1.29 is 27.5 Å². The second-order valence-electron chi connectivity index (χ2n) is 11.6. The summed E-state index contributed by atoms with van der Waals surface area (Å²) in [4.78, 5) is 29.7. The molecule has 1 fully saturated rings. The Hall–Kier alpha value is -3.76. The number of carbonyl (C=O) groups excluding carboxylic acids is 2. The molecule has 2 aliphatic rings. The molecule has 0 aromatic heterocycles. The molecular formula is C34H40ClN3O6S. The van der Waals surface area contributed by atoms with E-state index in [2.05, 4.69) is 5.32 Å². The van der Waals surface area contributed by atoms with Crippen LogP contribution in [0.5, 0.6) is 11.5 Å². The fourth-order valence-corrected chi connectivity index (χ4v) is 7.11. The van der Waals surface area contributed by atoms with E-state index in [9.17, 15) is 18.0 Å². The number of hydrogen-bond donors (Lipinski definition) is 1. The molecule has 2 amide bonds. The van der Waals surface area contributed by atoms with E-state index in [0.717, 1.165) is 49.5 Å². The van der Waals surface area contributed by atoms with Gasteiger partial charge in [-0.25, -0.2) is 8.42 Å². The van der Waals surface area contributed by atoms with E-state index >= 15 is 0 Å². The number of hydrogen-bond acceptors (Lipinski definition) is 6. The van der Waals surface area contributed by atoms with Crippen LogP contribution in [0.1, 0.15) is 56.1 Å². The fraction of sp³-hybridized carbons (Fsp3) is 0.412. The number of fused-ring (bicyclic) bond motifs is 1. The molecule has 3 aromatic carbocycles. The van der Waals surface area contributed by atoms with Crippen LogP contribution in [-0.2, 0) is 32.6 Å². The zero-order chi connectivity index (χ0) is 31.8. The lowest BCUT2D eigenvalue weighted by atomic mass is 9.94. The number of benzene rings is 3. The molecule has 0 radical (unpaired) electrons. The third-order valence-electron chi connectivity index (χ3n) is 8.32. The molecule has 1 saturated carbocycles. The maximum atomic E-state index is 14.1. The minimum Gasteiger partial charge on any atom is -0.454 e. The molecular weight excluding hydrogens is 614 g/mol. The van der Waals surface area contributed by atoms with Crippen molar-refractivity contribution in [1.82, 2.24) is 10.2 Å². The molecule has 1 atom stereocenters. The summed E-state index contributed by atoms with van der Waals surface area (Å²) < 4.78 is 37.7. The Morgan fingerprint density at radius 3 is 2.40 bits per heavy atom. The number of ether oxygens (including phenoxy) is 2. The predicted octanol–water partition coefficient (Wildman–Crippen LogP) is 5.70. The van der Waals surface area contributed by atoms with Crippen LogP contribution in [0.15, 0.2) is 72.8 Å². The van der Waals surface area contributed by atoms with Crippen molar-refractivity contribution >= 4 is 39.1 Å². The van der Waals surface area contributed by atoms with E-state index in [1.54, 1.807) is 29.2 Å². The van der Waals surface area contributed by atoms with Gasteiger partial charge in [0.25, 0.3) is 0 Å². The van der Waals surface area contributed by atoms with Crippen molar-refractivity contribution in [2.24, 2.45) is 0 Å². The lowest BCUT2D eigenvalue weighted by Gasteiger charge is -2.34. The Kier molecular flexibility index (Phi) is 10.9. The van der Waals surface area contributed by atoms with Gasteiger partial charge in [0.2, 0.25) is 28.6 Å². The van der Waals surface area contributed by atoms with E-state index in [0.29, 0.717) is 28.6 Å². The molecule has 3 aromatic rings.